The molecule has 0 aromatic carbocycles. The minimum atomic E-state index is 0.501. The Hall–Kier alpha value is 0.913. The molecule has 0 fully saturated rings. The number of hydrogen-bond acceptors (Lipinski definition) is 0. The molecule has 0 aliphatic carbocycles. The zero-order valence-corrected chi connectivity index (χ0v) is 9.21. The zero-order valence-electron chi connectivity index (χ0n) is 5.49. The van der Waals surface area contributed by atoms with Crippen molar-refractivity contribution in [3.8, 4) is 0 Å². The summed E-state index contributed by atoms with van der Waals surface area (Å²) < 4.78 is 0.501. The first kappa shape index (κ1) is 8.91. The van der Waals surface area contributed by atoms with Crippen molar-refractivity contribution in [1.82, 2.24) is 0 Å². The van der Waals surface area contributed by atoms with E-state index < -0.39 is 0 Å². The average Bonchev–Trinajstić information content (AvgIpc) is 1.66. The molecule has 0 bridgehead atoms. The molecule has 0 aromatic rings. The van der Waals surface area contributed by atoms with Crippen LogP contribution in [0.2, 0.25) is 0 Å². The van der Waals surface area contributed by atoms with Gasteiger partial charge in [-0.2, -0.15) is 0 Å². The molecule has 8 heavy (non-hydrogen) atoms. The summed E-state index contributed by atoms with van der Waals surface area (Å²) in [5, 5.41) is 0. The van der Waals surface area contributed by atoms with Gasteiger partial charge in [-0.1, -0.05) is 0 Å². The molecule has 0 rings (SSSR count). The van der Waals surface area contributed by atoms with Gasteiger partial charge in [-0.3, -0.25) is 0 Å². The van der Waals surface area contributed by atoms with Crippen LogP contribution in [0.15, 0.2) is 0 Å². The first-order chi connectivity index (χ1) is 3.77. The molecule has 0 radical (unpaired) electrons. The summed E-state index contributed by atoms with van der Waals surface area (Å²) in [6, 6.07) is 0. The molecule has 0 aliphatic heterocycles. The number of alkyl halides is 1. The first-order valence-corrected chi connectivity index (χ1v) is 5.39. The van der Waals surface area contributed by atoms with Crippen LogP contribution >= 0.6 is 11.6 Å². The molecule has 0 nitrogen and oxygen atoms in total. The van der Waals surface area contributed by atoms with Crippen LogP contribution in [0.25, 0.3) is 0 Å². The molecular formula is C6H12ClZn. The zero-order chi connectivity index (χ0) is 6.41. The van der Waals surface area contributed by atoms with Gasteiger partial charge in [-0.25, -0.2) is 0 Å². The van der Waals surface area contributed by atoms with E-state index in [4.69, 9.17) is 11.6 Å². The summed E-state index contributed by atoms with van der Waals surface area (Å²) in [6.07, 6.45) is 5.22. The Bertz CT molecular complexity index is 45.8. The molecule has 1 atom stereocenters. The van der Waals surface area contributed by atoms with Crippen LogP contribution in [0.4, 0.5) is 0 Å². The van der Waals surface area contributed by atoms with E-state index in [9.17, 15) is 0 Å². The molecule has 2 heteroatoms. The summed E-state index contributed by atoms with van der Waals surface area (Å²) in [5.74, 6) is 0. The molecule has 0 amide bonds. The van der Waals surface area contributed by atoms with Crippen molar-refractivity contribution in [1.29, 1.82) is 0 Å². The third-order valence-corrected chi connectivity index (χ3v) is 2.20. The van der Waals surface area contributed by atoms with Crippen molar-refractivity contribution in [2.75, 3.05) is 0 Å². The fourth-order valence-electron chi connectivity index (χ4n) is 0.616. The molecule has 1 unspecified atom stereocenters. The first-order valence-electron chi connectivity index (χ1n) is 3.24. The second-order valence-electron chi connectivity index (χ2n) is 2.09. The van der Waals surface area contributed by atoms with Crippen LogP contribution in [-0.4, -0.2) is 3.97 Å². The predicted molar refractivity (Wildman–Crippen MR) is 33.8 cm³/mol. The van der Waals surface area contributed by atoms with Gasteiger partial charge in [-0.05, 0) is 0 Å². The van der Waals surface area contributed by atoms with Crippen LogP contribution in [-0.2, 0) is 18.3 Å². The standard InChI is InChI=1S/C6H12Cl.Zn/c1-2-3-4-5-6-7;/h6H,2-5H2,1H3;. The number of rotatable bonds is 4. The van der Waals surface area contributed by atoms with Crippen LogP contribution in [0, 0.1) is 0 Å². The topological polar surface area (TPSA) is 0 Å². The third-order valence-electron chi connectivity index (χ3n) is 1.12. The van der Waals surface area contributed by atoms with Crippen molar-refractivity contribution in [2.24, 2.45) is 0 Å². The van der Waals surface area contributed by atoms with E-state index in [0.29, 0.717) is 3.97 Å². The van der Waals surface area contributed by atoms with Gasteiger partial charge in [0, 0.05) is 0 Å². The van der Waals surface area contributed by atoms with E-state index in [-0.39, 0.29) is 0 Å². The normalized spacial score (nSPS) is 14.0. The third kappa shape index (κ3) is 6.91. The number of unbranched alkanes of at least 4 members (excludes halogenated alkanes) is 2. The van der Waals surface area contributed by atoms with Gasteiger partial charge in [-0.15, -0.1) is 0 Å². The molecule has 0 aliphatic rings. The van der Waals surface area contributed by atoms with Gasteiger partial charge in [0.2, 0.25) is 0 Å². The molecule has 0 saturated heterocycles. The fourth-order valence-corrected chi connectivity index (χ4v) is 1.38. The molecule has 0 spiro atoms. The Balaban J connectivity index is 2.72. The van der Waals surface area contributed by atoms with Gasteiger partial charge < -0.3 is 0 Å². The Morgan fingerprint density at radius 3 is 2.50 bits per heavy atom. The summed E-state index contributed by atoms with van der Waals surface area (Å²) in [6.45, 7) is 2.22. The van der Waals surface area contributed by atoms with Crippen molar-refractivity contribution in [3.63, 3.8) is 0 Å². The van der Waals surface area contributed by atoms with Crippen molar-refractivity contribution >= 4 is 11.6 Å². The fraction of sp³-hybridized carbons (Fsp3) is 1.00. The van der Waals surface area contributed by atoms with E-state index in [2.05, 4.69) is 6.92 Å². The van der Waals surface area contributed by atoms with E-state index in [1.807, 2.05) is 0 Å². The summed E-state index contributed by atoms with van der Waals surface area (Å²) >= 11 is 7.01. The van der Waals surface area contributed by atoms with Crippen LogP contribution in [0.3, 0.4) is 0 Å². The summed E-state index contributed by atoms with van der Waals surface area (Å²) in [7, 11) is 0. The van der Waals surface area contributed by atoms with E-state index in [1.54, 1.807) is 0 Å². The number of halogens is 1. The van der Waals surface area contributed by atoms with Gasteiger partial charge in [0.15, 0.2) is 0 Å². The molecule has 0 aromatic heterocycles. The van der Waals surface area contributed by atoms with Gasteiger partial charge in [0.25, 0.3) is 0 Å². The van der Waals surface area contributed by atoms with E-state index in [0.717, 1.165) is 0 Å². The second kappa shape index (κ2) is 6.04. The summed E-state index contributed by atoms with van der Waals surface area (Å²) in [5.41, 5.74) is 0. The molecule has 0 saturated carbocycles. The molecule has 0 N–H and O–H groups in total. The quantitative estimate of drug-likeness (QED) is 0.358. The van der Waals surface area contributed by atoms with E-state index in [1.165, 1.54) is 44.0 Å². The Labute approximate surface area is 66.7 Å². The van der Waals surface area contributed by atoms with Gasteiger partial charge >= 0.3 is 66.5 Å². The molecular weight excluding hydrogens is 173 g/mol. The average molecular weight is 185 g/mol. The van der Waals surface area contributed by atoms with Gasteiger partial charge in [0.05, 0.1) is 0 Å². The monoisotopic (exact) mass is 183 g/mol. The van der Waals surface area contributed by atoms with Crippen LogP contribution in [0.1, 0.15) is 32.6 Å². The van der Waals surface area contributed by atoms with Crippen molar-refractivity contribution < 1.29 is 18.3 Å². The van der Waals surface area contributed by atoms with Crippen LogP contribution in [0.5, 0.6) is 0 Å². The number of hydrogen-bond donors (Lipinski definition) is 0. The molecule has 45 valence electrons. The second-order valence-corrected chi connectivity index (χ2v) is 5.86. The minimum absolute atomic E-state index is 0.501. The van der Waals surface area contributed by atoms with Crippen molar-refractivity contribution in [2.45, 2.75) is 36.6 Å². The van der Waals surface area contributed by atoms with Gasteiger partial charge in [0.1, 0.15) is 0 Å². The maximum atomic E-state index is 5.77. The summed E-state index contributed by atoms with van der Waals surface area (Å²) in [4.78, 5) is 0. The predicted octanol–water partition coefficient (Wildman–Crippen LogP) is 2.68. The maximum absolute atomic E-state index is 5.77. The van der Waals surface area contributed by atoms with E-state index >= 15 is 0 Å². The Morgan fingerprint density at radius 2 is 2.12 bits per heavy atom. The molecule has 0 heterocycles. The SMILES string of the molecule is CCCCC[CH](Cl)[Zn]. The van der Waals surface area contributed by atoms with Crippen molar-refractivity contribution in [3.05, 3.63) is 0 Å². The Kier molecular flexibility index (Phi) is 6.73. The van der Waals surface area contributed by atoms with Crippen LogP contribution < -0.4 is 0 Å². The Morgan fingerprint density at radius 1 is 1.50 bits per heavy atom.